The van der Waals surface area contributed by atoms with Crippen molar-refractivity contribution in [1.29, 1.82) is 0 Å². The van der Waals surface area contributed by atoms with Crippen LogP contribution in [0.15, 0.2) is 78.9 Å². The van der Waals surface area contributed by atoms with Crippen molar-refractivity contribution in [3.8, 4) is 39.4 Å². The van der Waals surface area contributed by atoms with Gasteiger partial charge in [-0.05, 0) is 90.6 Å². The fourth-order valence-electron chi connectivity index (χ4n) is 4.76. The molecular formula is C38H48BNO3. The van der Waals surface area contributed by atoms with E-state index >= 15 is 0 Å². The maximum atomic E-state index is 10.6. The fourth-order valence-corrected chi connectivity index (χ4v) is 4.76. The predicted octanol–water partition coefficient (Wildman–Crippen LogP) is 8.23. The van der Waals surface area contributed by atoms with Crippen LogP contribution in [0.3, 0.4) is 0 Å². The summed E-state index contributed by atoms with van der Waals surface area (Å²) in [7, 11) is 2.08. The third kappa shape index (κ3) is 7.58. The van der Waals surface area contributed by atoms with Crippen LogP contribution in [0.2, 0.25) is 0 Å². The molecule has 1 N–H and O–H groups in total. The van der Waals surface area contributed by atoms with Gasteiger partial charge in [-0.15, -0.1) is 0 Å². The lowest BCUT2D eigenvalue weighted by Crippen LogP contribution is -2.49. The second-order valence-electron chi connectivity index (χ2n) is 14.7. The highest BCUT2D eigenvalue weighted by molar-refractivity contribution is 6.47. The molecule has 0 amide bonds. The number of ether oxygens (including phenoxy) is 1. The lowest BCUT2D eigenvalue weighted by atomic mass is 9.78. The van der Waals surface area contributed by atoms with Gasteiger partial charge in [0.1, 0.15) is 5.75 Å². The molecular weight excluding hydrogens is 529 g/mol. The van der Waals surface area contributed by atoms with Gasteiger partial charge in [0, 0.05) is 5.56 Å². The summed E-state index contributed by atoms with van der Waals surface area (Å²) in [4.78, 5) is 5.18. The molecule has 4 nitrogen and oxygen atoms in total. The molecule has 0 saturated carbocycles. The van der Waals surface area contributed by atoms with Crippen molar-refractivity contribution >= 4 is 12.9 Å². The number of nitrogens with zero attached hydrogens (tertiary/aromatic N) is 1. The third-order valence-corrected chi connectivity index (χ3v) is 8.50. The van der Waals surface area contributed by atoms with Crippen molar-refractivity contribution < 1.29 is 14.5 Å². The quantitative estimate of drug-likeness (QED) is 0.214. The van der Waals surface area contributed by atoms with E-state index in [2.05, 4.69) is 96.1 Å². The summed E-state index contributed by atoms with van der Waals surface area (Å²) in [6, 6.07) is 27.7. The maximum Gasteiger partial charge on any atom is 0.309 e. The number of hydrogen-bond donors (Lipinski definition) is 1. The first-order valence-electron chi connectivity index (χ1n) is 15.2. The largest absolute Gasteiger partial charge is 0.496 e. The van der Waals surface area contributed by atoms with Crippen LogP contribution >= 0.6 is 0 Å². The molecule has 226 valence electrons. The summed E-state index contributed by atoms with van der Waals surface area (Å²) >= 11 is 0. The fraction of sp³-hybridized carbons (Fsp3) is 0.395. The number of pyridine rings is 1. The second-order valence-corrected chi connectivity index (χ2v) is 14.7. The second kappa shape index (κ2) is 11.9. The Bertz CT molecular complexity index is 1550. The first-order valence-corrected chi connectivity index (χ1v) is 15.2. The lowest BCUT2D eigenvalue weighted by molar-refractivity contribution is -0.0893. The average Bonchev–Trinajstić information content (AvgIpc) is 2.94. The molecule has 43 heavy (non-hydrogen) atoms. The summed E-state index contributed by atoms with van der Waals surface area (Å²) in [6.45, 7) is 21.0. The molecule has 0 aliphatic heterocycles. The Hall–Kier alpha value is -3.41. The summed E-state index contributed by atoms with van der Waals surface area (Å²) in [5, 5.41) is 10.6. The van der Waals surface area contributed by atoms with E-state index in [0.717, 1.165) is 39.3 Å². The van der Waals surface area contributed by atoms with Gasteiger partial charge in [-0.25, -0.2) is 4.98 Å². The number of aliphatic hydroxyl groups is 1. The van der Waals surface area contributed by atoms with Crippen LogP contribution in [-0.4, -0.2) is 35.9 Å². The number of rotatable bonds is 8. The third-order valence-electron chi connectivity index (χ3n) is 8.50. The zero-order valence-corrected chi connectivity index (χ0v) is 27.9. The first kappa shape index (κ1) is 32.5. The molecule has 0 aliphatic carbocycles. The van der Waals surface area contributed by atoms with Crippen molar-refractivity contribution in [3.05, 3.63) is 90.0 Å². The highest BCUT2D eigenvalue weighted by Gasteiger charge is 2.35. The van der Waals surface area contributed by atoms with E-state index in [-0.39, 0.29) is 10.8 Å². The number of methoxy groups -OCH3 is 1. The monoisotopic (exact) mass is 577 g/mol. The van der Waals surface area contributed by atoms with Gasteiger partial charge >= 0.3 is 7.48 Å². The van der Waals surface area contributed by atoms with E-state index in [1.165, 1.54) is 16.7 Å². The van der Waals surface area contributed by atoms with Crippen LogP contribution in [0.4, 0.5) is 0 Å². The Morgan fingerprint density at radius 1 is 0.628 bits per heavy atom. The van der Waals surface area contributed by atoms with E-state index in [0.29, 0.717) is 7.48 Å². The first-order chi connectivity index (χ1) is 19.9. The highest BCUT2D eigenvalue weighted by atomic mass is 16.5. The molecule has 5 heteroatoms. The molecule has 4 aromatic rings. The molecule has 0 atom stereocenters. The average molecular weight is 578 g/mol. The molecule has 0 unspecified atom stereocenters. The van der Waals surface area contributed by atoms with Gasteiger partial charge in [0.15, 0.2) is 0 Å². The molecule has 0 spiro atoms. The summed E-state index contributed by atoms with van der Waals surface area (Å²) < 4.78 is 11.9. The zero-order chi connectivity index (χ0) is 31.8. The van der Waals surface area contributed by atoms with Gasteiger partial charge in [0.25, 0.3) is 0 Å². The molecule has 0 fully saturated rings. The van der Waals surface area contributed by atoms with Gasteiger partial charge < -0.3 is 14.5 Å². The van der Waals surface area contributed by atoms with Crippen LogP contribution in [0.25, 0.3) is 33.6 Å². The van der Waals surface area contributed by atoms with E-state index in [1.807, 2.05) is 38.1 Å². The number of hydrogen-bond acceptors (Lipinski definition) is 4. The van der Waals surface area contributed by atoms with E-state index in [9.17, 15) is 5.11 Å². The van der Waals surface area contributed by atoms with Crippen LogP contribution in [0, 0.1) is 0 Å². The van der Waals surface area contributed by atoms with Crippen LogP contribution < -0.4 is 10.2 Å². The summed E-state index contributed by atoms with van der Waals surface area (Å²) in [6.07, 6.45) is 0. The van der Waals surface area contributed by atoms with Gasteiger partial charge in [-0.3, -0.25) is 0 Å². The molecule has 0 saturated heterocycles. The van der Waals surface area contributed by atoms with Gasteiger partial charge in [-0.2, -0.15) is 0 Å². The van der Waals surface area contributed by atoms with Crippen molar-refractivity contribution in [2.45, 2.75) is 91.3 Å². The van der Waals surface area contributed by atoms with Crippen molar-refractivity contribution in [1.82, 2.24) is 4.98 Å². The highest BCUT2D eigenvalue weighted by Crippen LogP contribution is 2.38. The summed E-state index contributed by atoms with van der Waals surface area (Å²) in [5.74, 6) is 0.785. The minimum atomic E-state index is -0.975. The molecule has 3 aromatic carbocycles. The van der Waals surface area contributed by atoms with Gasteiger partial charge in [0.05, 0.1) is 29.7 Å². The minimum absolute atomic E-state index is 0.00257. The van der Waals surface area contributed by atoms with E-state index in [4.69, 9.17) is 14.4 Å². The molecule has 1 aromatic heterocycles. The number of benzene rings is 3. The maximum absolute atomic E-state index is 10.6. The molecule has 0 radical (unpaired) electrons. The van der Waals surface area contributed by atoms with Crippen molar-refractivity contribution in [3.63, 3.8) is 0 Å². The predicted molar refractivity (Wildman–Crippen MR) is 183 cm³/mol. The molecule has 0 bridgehead atoms. The minimum Gasteiger partial charge on any atom is -0.496 e. The summed E-state index contributed by atoms with van der Waals surface area (Å²) in [5.41, 5.74) is 7.91. The Balaban J connectivity index is 1.90. The van der Waals surface area contributed by atoms with Crippen molar-refractivity contribution in [2.24, 2.45) is 0 Å². The van der Waals surface area contributed by atoms with Crippen LogP contribution in [0.5, 0.6) is 5.75 Å². The zero-order valence-electron chi connectivity index (χ0n) is 27.9. The van der Waals surface area contributed by atoms with Gasteiger partial charge in [0.2, 0.25) is 0 Å². The Morgan fingerprint density at radius 3 is 1.79 bits per heavy atom. The normalized spacial score (nSPS) is 12.7. The molecule has 4 rings (SSSR count). The Kier molecular flexibility index (Phi) is 9.03. The Morgan fingerprint density at radius 2 is 1.21 bits per heavy atom. The number of para-hydroxylation sites is 1. The standard InChI is InChI=1S/C38H48BNO3/c1-35(2,3)28-19-26(20-29(24-28)36(4,5)6)27-22-32(40-33(23-27)31-17-12-13-18-34(31)42-11)25-15-14-16-30(21-25)39-43-38(9,10)37(7,8)41/h12-24,39,41H,1-11H3. The molecule has 1 heterocycles. The Labute approximate surface area is 259 Å². The van der Waals surface area contributed by atoms with Crippen LogP contribution in [-0.2, 0) is 15.5 Å². The molecule has 0 aliphatic rings. The van der Waals surface area contributed by atoms with Gasteiger partial charge in [-0.1, -0.05) is 102 Å². The smallest absolute Gasteiger partial charge is 0.309 e. The lowest BCUT2D eigenvalue weighted by Gasteiger charge is -2.37. The van der Waals surface area contributed by atoms with E-state index < -0.39 is 11.2 Å². The van der Waals surface area contributed by atoms with Crippen LogP contribution in [0.1, 0.15) is 80.4 Å². The topological polar surface area (TPSA) is 51.6 Å². The van der Waals surface area contributed by atoms with Crippen molar-refractivity contribution in [2.75, 3.05) is 7.11 Å². The van der Waals surface area contributed by atoms with E-state index in [1.54, 1.807) is 21.0 Å². The SMILES string of the molecule is COc1ccccc1-c1cc(-c2cc(C(C)(C)C)cc(C(C)(C)C)c2)cc(-c2cccc(BOC(C)(C)C(C)(C)O)c2)n1. The number of aromatic nitrogens is 1.